The summed E-state index contributed by atoms with van der Waals surface area (Å²) >= 11 is 3.48. The van der Waals surface area contributed by atoms with Crippen LogP contribution in [0.1, 0.15) is 44.6 Å². The van der Waals surface area contributed by atoms with Crippen LogP contribution in [0.5, 0.6) is 0 Å². The van der Waals surface area contributed by atoms with Gasteiger partial charge in [0.25, 0.3) is 0 Å². The predicted molar refractivity (Wildman–Crippen MR) is 90.0 cm³/mol. The van der Waals surface area contributed by atoms with Crippen LogP contribution >= 0.6 is 15.9 Å². The average molecular weight is 353 g/mol. The first-order valence-corrected chi connectivity index (χ1v) is 8.68. The summed E-state index contributed by atoms with van der Waals surface area (Å²) in [6, 6.07) is 8.84. The number of halogens is 1. The van der Waals surface area contributed by atoms with E-state index in [4.69, 9.17) is 5.73 Å². The third-order valence-corrected chi connectivity index (χ3v) is 4.85. The van der Waals surface area contributed by atoms with Crippen LogP contribution in [0.25, 0.3) is 0 Å². The molecule has 2 rings (SSSR count). The Morgan fingerprint density at radius 3 is 2.71 bits per heavy atom. The van der Waals surface area contributed by atoms with Gasteiger partial charge < -0.3 is 11.1 Å². The molecule has 116 valence electrons. The van der Waals surface area contributed by atoms with Gasteiger partial charge in [0.05, 0.1) is 0 Å². The Morgan fingerprint density at radius 2 is 2.10 bits per heavy atom. The first-order valence-electron chi connectivity index (χ1n) is 7.89. The third-order valence-electron chi connectivity index (χ3n) is 4.35. The van der Waals surface area contributed by atoms with Gasteiger partial charge in [-0.05, 0) is 56.2 Å². The molecule has 1 aliphatic carbocycles. The molecule has 4 heteroatoms. The lowest BCUT2D eigenvalue weighted by Gasteiger charge is -2.28. The van der Waals surface area contributed by atoms with Crippen LogP contribution in [0.15, 0.2) is 28.7 Å². The fourth-order valence-corrected chi connectivity index (χ4v) is 3.40. The third kappa shape index (κ3) is 5.11. The Kier molecular flexibility index (Phi) is 6.24. The zero-order chi connectivity index (χ0) is 15.2. The molecular weight excluding hydrogens is 328 g/mol. The quantitative estimate of drug-likeness (QED) is 0.852. The van der Waals surface area contributed by atoms with Gasteiger partial charge in [0.15, 0.2) is 0 Å². The van der Waals surface area contributed by atoms with E-state index in [0.717, 1.165) is 43.0 Å². The largest absolute Gasteiger partial charge is 0.353 e. The summed E-state index contributed by atoms with van der Waals surface area (Å²) in [6.45, 7) is 2.08. The predicted octanol–water partition coefficient (Wildman–Crippen LogP) is 3.40. The maximum Gasteiger partial charge on any atom is 0.223 e. The number of hydrogen-bond donors (Lipinski definition) is 2. The minimum absolute atomic E-state index is 0.0508. The fraction of sp³-hybridized carbons (Fsp3) is 0.588. The van der Waals surface area contributed by atoms with Gasteiger partial charge in [-0.3, -0.25) is 4.79 Å². The molecule has 0 radical (unpaired) electrons. The van der Waals surface area contributed by atoms with Gasteiger partial charge in [-0.2, -0.15) is 0 Å². The Morgan fingerprint density at radius 1 is 1.38 bits per heavy atom. The van der Waals surface area contributed by atoms with Crippen LogP contribution in [0.3, 0.4) is 0 Å². The summed E-state index contributed by atoms with van der Waals surface area (Å²) in [5.74, 6) is 0.243. The minimum Gasteiger partial charge on any atom is -0.353 e. The van der Waals surface area contributed by atoms with Crippen LogP contribution in [0.4, 0.5) is 0 Å². The number of carbonyl (C=O) groups is 1. The van der Waals surface area contributed by atoms with E-state index in [1.807, 2.05) is 12.1 Å². The SMILES string of the molecule is CCC(Cc1cccc(Br)c1)C(=O)NC1CCC(N)CC1. The lowest BCUT2D eigenvalue weighted by Crippen LogP contribution is -2.43. The standard InChI is InChI=1S/C17H25BrN2O/c1-2-13(10-12-4-3-5-14(18)11-12)17(21)20-16-8-6-15(19)7-9-16/h3-5,11,13,15-16H,2,6-10,19H2,1H3,(H,20,21). The van der Waals surface area contributed by atoms with Gasteiger partial charge in [0, 0.05) is 22.5 Å². The second-order valence-corrected chi connectivity index (χ2v) is 6.98. The molecule has 0 aliphatic heterocycles. The number of nitrogens with one attached hydrogen (secondary N) is 1. The molecule has 0 spiro atoms. The van der Waals surface area contributed by atoms with E-state index >= 15 is 0 Å². The van der Waals surface area contributed by atoms with Crippen LogP contribution in [-0.4, -0.2) is 18.0 Å². The summed E-state index contributed by atoms with van der Waals surface area (Å²) in [5.41, 5.74) is 7.12. The number of hydrogen-bond acceptors (Lipinski definition) is 2. The second-order valence-electron chi connectivity index (χ2n) is 6.06. The first-order chi connectivity index (χ1) is 10.1. The van der Waals surface area contributed by atoms with Crippen LogP contribution < -0.4 is 11.1 Å². The van der Waals surface area contributed by atoms with Crippen molar-refractivity contribution < 1.29 is 4.79 Å². The molecule has 1 aromatic carbocycles. The van der Waals surface area contributed by atoms with E-state index < -0.39 is 0 Å². The highest BCUT2D eigenvalue weighted by molar-refractivity contribution is 9.10. The van der Waals surface area contributed by atoms with Crippen LogP contribution in [0.2, 0.25) is 0 Å². The van der Waals surface area contributed by atoms with Gasteiger partial charge in [0.2, 0.25) is 5.91 Å². The highest BCUT2D eigenvalue weighted by atomic mass is 79.9. The monoisotopic (exact) mass is 352 g/mol. The lowest BCUT2D eigenvalue weighted by molar-refractivity contribution is -0.126. The molecule has 0 bridgehead atoms. The lowest BCUT2D eigenvalue weighted by atomic mass is 9.90. The number of rotatable bonds is 5. The molecule has 1 saturated carbocycles. The topological polar surface area (TPSA) is 55.1 Å². The first kappa shape index (κ1) is 16.5. The zero-order valence-corrected chi connectivity index (χ0v) is 14.2. The summed E-state index contributed by atoms with van der Waals surface area (Å²) in [4.78, 5) is 12.5. The van der Waals surface area contributed by atoms with Crippen LogP contribution in [-0.2, 0) is 11.2 Å². The number of amides is 1. The zero-order valence-electron chi connectivity index (χ0n) is 12.6. The Bertz CT molecular complexity index is 470. The molecule has 21 heavy (non-hydrogen) atoms. The van der Waals surface area contributed by atoms with Crippen molar-refractivity contribution in [1.82, 2.24) is 5.32 Å². The highest BCUT2D eigenvalue weighted by Gasteiger charge is 2.23. The van der Waals surface area contributed by atoms with Gasteiger partial charge in [0.1, 0.15) is 0 Å². The number of benzene rings is 1. The van der Waals surface area contributed by atoms with Gasteiger partial charge in [-0.1, -0.05) is 35.0 Å². The van der Waals surface area contributed by atoms with Crippen molar-refractivity contribution in [1.29, 1.82) is 0 Å². The molecule has 0 aromatic heterocycles. The Balaban J connectivity index is 1.89. The van der Waals surface area contributed by atoms with Crippen LogP contribution in [0, 0.1) is 5.92 Å². The van der Waals surface area contributed by atoms with E-state index in [1.165, 1.54) is 5.56 Å². The molecule has 1 amide bonds. The molecule has 0 saturated heterocycles. The van der Waals surface area contributed by atoms with Gasteiger partial charge in [-0.25, -0.2) is 0 Å². The molecule has 1 atom stereocenters. The van der Waals surface area contributed by atoms with E-state index in [1.54, 1.807) is 0 Å². The maximum absolute atomic E-state index is 12.5. The Labute approximate surface area is 135 Å². The van der Waals surface area contributed by atoms with Gasteiger partial charge >= 0.3 is 0 Å². The summed E-state index contributed by atoms with van der Waals surface area (Å²) in [5, 5.41) is 3.22. The van der Waals surface area contributed by atoms with Crippen molar-refractivity contribution >= 4 is 21.8 Å². The molecule has 1 fully saturated rings. The minimum atomic E-state index is 0.0508. The van der Waals surface area contributed by atoms with Crippen molar-refractivity contribution in [2.24, 2.45) is 11.7 Å². The summed E-state index contributed by atoms with van der Waals surface area (Å²) in [6.07, 6.45) is 5.74. The summed E-state index contributed by atoms with van der Waals surface area (Å²) in [7, 11) is 0. The molecule has 3 N–H and O–H groups in total. The van der Waals surface area contributed by atoms with E-state index in [0.29, 0.717) is 12.1 Å². The molecule has 1 unspecified atom stereocenters. The molecule has 3 nitrogen and oxygen atoms in total. The highest BCUT2D eigenvalue weighted by Crippen LogP contribution is 2.20. The van der Waals surface area contributed by atoms with Crippen molar-refractivity contribution in [3.8, 4) is 0 Å². The fourth-order valence-electron chi connectivity index (χ4n) is 2.95. The van der Waals surface area contributed by atoms with Crippen molar-refractivity contribution in [2.45, 2.75) is 57.5 Å². The maximum atomic E-state index is 12.5. The number of nitrogens with two attached hydrogens (primary N) is 1. The average Bonchev–Trinajstić information content (AvgIpc) is 2.47. The van der Waals surface area contributed by atoms with E-state index in [-0.39, 0.29) is 11.8 Å². The Hall–Kier alpha value is -0.870. The van der Waals surface area contributed by atoms with Crippen molar-refractivity contribution in [3.05, 3.63) is 34.3 Å². The second kappa shape index (κ2) is 7.95. The van der Waals surface area contributed by atoms with Crippen molar-refractivity contribution in [2.75, 3.05) is 0 Å². The van der Waals surface area contributed by atoms with Crippen molar-refractivity contribution in [3.63, 3.8) is 0 Å². The van der Waals surface area contributed by atoms with Gasteiger partial charge in [-0.15, -0.1) is 0 Å². The number of carbonyl (C=O) groups excluding carboxylic acids is 1. The summed E-state index contributed by atoms with van der Waals surface area (Å²) < 4.78 is 1.07. The normalized spacial score (nSPS) is 23.6. The molecule has 0 heterocycles. The molecule has 1 aromatic rings. The van der Waals surface area contributed by atoms with E-state index in [9.17, 15) is 4.79 Å². The molecule has 1 aliphatic rings. The molecular formula is C17H25BrN2O. The van der Waals surface area contributed by atoms with E-state index in [2.05, 4.69) is 40.3 Å². The smallest absolute Gasteiger partial charge is 0.223 e.